The average Bonchev–Trinajstić information content (AvgIpc) is 2.87. The molecule has 3 heteroatoms. The number of carbonyl (C=O) groups is 1. The van der Waals surface area contributed by atoms with Gasteiger partial charge in [-0.1, -0.05) is 6.08 Å². The maximum absolute atomic E-state index is 11.0. The van der Waals surface area contributed by atoms with Crippen molar-refractivity contribution in [3.63, 3.8) is 0 Å². The van der Waals surface area contributed by atoms with Gasteiger partial charge in [0.15, 0.2) is 0 Å². The summed E-state index contributed by atoms with van der Waals surface area (Å²) in [4.78, 5) is 11.0. The quantitative estimate of drug-likeness (QED) is 0.574. The molecule has 2 rings (SSSR count). The fourth-order valence-corrected chi connectivity index (χ4v) is 1.79. The van der Waals surface area contributed by atoms with Gasteiger partial charge in [-0.2, -0.15) is 0 Å². The number of hydrogen-bond donors (Lipinski definition) is 2. The van der Waals surface area contributed by atoms with E-state index in [2.05, 4.69) is 11.4 Å². The minimum atomic E-state index is -0.229. The maximum Gasteiger partial charge on any atom is 0.238 e. The van der Waals surface area contributed by atoms with E-state index < -0.39 is 0 Å². The van der Waals surface area contributed by atoms with Gasteiger partial charge in [0.1, 0.15) is 6.04 Å². The fourth-order valence-electron chi connectivity index (χ4n) is 1.79. The van der Waals surface area contributed by atoms with Gasteiger partial charge in [0, 0.05) is 0 Å². The van der Waals surface area contributed by atoms with Crippen LogP contribution in [0.4, 0.5) is 0 Å². The van der Waals surface area contributed by atoms with E-state index in [1.54, 1.807) is 0 Å². The summed E-state index contributed by atoms with van der Waals surface area (Å²) in [7, 11) is 0. The SMILES string of the molecule is NC(=O)C1NCCC=C1C1CC1. The molecule has 0 radical (unpaired) electrons. The Morgan fingerprint density at radius 1 is 1.58 bits per heavy atom. The van der Waals surface area contributed by atoms with Crippen LogP contribution in [0.5, 0.6) is 0 Å². The summed E-state index contributed by atoms with van der Waals surface area (Å²) in [5, 5.41) is 3.15. The lowest BCUT2D eigenvalue weighted by Gasteiger charge is -2.22. The molecule has 1 atom stereocenters. The van der Waals surface area contributed by atoms with Crippen molar-refractivity contribution < 1.29 is 4.79 Å². The van der Waals surface area contributed by atoms with Gasteiger partial charge in [-0.25, -0.2) is 0 Å². The van der Waals surface area contributed by atoms with Crippen molar-refractivity contribution in [1.82, 2.24) is 5.32 Å². The Labute approximate surface area is 72.0 Å². The van der Waals surface area contributed by atoms with Gasteiger partial charge in [0.25, 0.3) is 0 Å². The zero-order chi connectivity index (χ0) is 8.55. The summed E-state index contributed by atoms with van der Waals surface area (Å²) in [6, 6.07) is -0.175. The first kappa shape index (κ1) is 7.80. The molecule has 3 N–H and O–H groups in total. The molecule has 1 unspecified atom stereocenters. The zero-order valence-electron chi connectivity index (χ0n) is 7.05. The zero-order valence-corrected chi connectivity index (χ0v) is 7.05. The lowest BCUT2D eigenvalue weighted by Crippen LogP contribution is -2.45. The van der Waals surface area contributed by atoms with E-state index in [4.69, 9.17) is 5.73 Å². The van der Waals surface area contributed by atoms with Crippen LogP contribution in [0.2, 0.25) is 0 Å². The van der Waals surface area contributed by atoms with E-state index >= 15 is 0 Å². The highest BCUT2D eigenvalue weighted by Gasteiger charge is 2.34. The third-order valence-electron chi connectivity index (χ3n) is 2.54. The third-order valence-corrected chi connectivity index (χ3v) is 2.54. The molecule has 0 spiro atoms. The van der Waals surface area contributed by atoms with Crippen LogP contribution >= 0.6 is 0 Å². The molecule has 66 valence electrons. The van der Waals surface area contributed by atoms with Crippen LogP contribution < -0.4 is 11.1 Å². The Kier molecular flexibility index (Phi) is 1.89. The summed E-state index contributed by atoms with van der Waals surface area (Å²) in [6.07, 6.45) is 5.69. The second-order valence-electron chi connectivity index (χ2n) is 3.56. The van der Waals surface area contributed by atoms with Crippen LogP contribution in [0.3, 0.4) is 0 Å². The molecule has 3 nitrogen and oxygen atoms in total. The van der Waals surface area contributed by atoms with Crippen molar-refractivity contribution in [2.24, 2.45) is 11.7 Å². The van der Waals surface area contributed by atoms with Gasteiger partial charge in [-0.05, 0) is 37.3 Å². The number of amides is 1. The van der Waals surface area contributed by atoms with Gasteiger partial charge < -0.3 is 11.1 Å². The van der Waals surface area contributed by atoms with Crippen molar-refractivity contribution in [2.45, 2.75) is 25.3 Å². The van der Waals surface area contributed by atoms with E-state index in [-0.39, 0.29) is 11.9 Å². The van der Waals surface area contributed by atoms with Crippen molar-refractivity contribution >= 4 is 5.91 Å². The van der Waals surface area contributed by atoms with E-state index in [1.807, 2.05) is 0 Å². The number of nitrogens with one attached hydrogen (secondary N) is 1. The van der Waals surface area contributed by atoms with E-state index in [9.17, 15) is 4.79 Å². The Bertz CT molecular complexity index is 231. The molecular weight excluding hydrogens is 152 g/mol. The molecule has 0 aromatic rings. The number of primary amides is 1. The van der Waals surface area contributed by atoms with Crippen molar-refractivity contribution in [3.8, 4) is 0 Å². The second kappa shape index (κ2) is 2.90. The molecule has 1 aliphatic carbocycles. The van der Waals surface area contributed by atoms with Gasteiger partial charge in [0.2, 0.25) is 5.91 Å². The molecule has 1 saturated carbocycles. The van der Waals surface area contributed by atoms with Crippen LogP contribution in [0, 0.1) is 5.92 Å². The molecule has 1 amide bonds. The Morgan fingerprint density at radius 2 is 2.33 bits per heavy atom. The normalized spacial score (nSPS) is 29.7. The number of hydrogen-bond acceptors (Lipinski definition) is 2. The van der Waals surface area contributed by atoms with Gasteiger partial charge in [-0.15, -0.1) is 0 Å². The molecule has 0 aromatic heterocycles. The summed E-state index contributed by atoms with van der Waals surface area (Å²) in [5.74, 6) is 0.420. The smallest absolute Gasteiger partial charge is 0.238 e. The highest BCUT2D eigenvalue weighted by molar-refractivity contribution is 5.83. The van der Waals surface area contributed by atoms with Crippen molar-refractivity contribution in [1.29, 1.82) is 0 Å². The summed E-state index contributed by atoms with van der Waals surface area (Å²) in [6.45, 7) is 0.879. The van der Waals surface area contributed by atoms with E-state index in [0.29, 0.717) is 5.92 Å². The first-order valence-electron chi connectivity index (χ1n) is 4.51. The van der Waals surface area contributed by atoms with Crippen LogP contribution in [0.15, 0.2) is 11.6 Å². The molecule has 1 heterocycles. The van der Waals surface area contributed by atoms with E-state index in [1.165, 1.54) is 18.4 Å². The molecule has 2 aliphatic rings. The highest BCUT2D eigenvalue weighted by Crippen LogP contribution is 2.38. The topological polar surface area (TPSA) is 55.1 Å². The molecule has 12 heavy (non-hydrogen) atoms. The number of nitrogens with two attached hydrogens (primary N) is 1. The van der Waals surface area contributed by atoms with Crippen LogP contribution in [-0.2, 0) is 4.79 Å². The van der Waals surface area contributed by atoms with Crippen LogP contribution in [-0.4, -0.2) is 18.5 Å². The monoisotopic (exact) mass is 166 g/mol. The Hall–Kier alpha value is -0.830. The van der Waals surface area contributed by atoms with Gasteiger partial charge in [0.05, 0.1) is 0 Å². The molecule has 0 saturated heterocycles. The van der Waals surface area contributed by atoms with Gasteiger partial charge >= 0.3 is 0 Å². The highest BCUT2D eigenvalue weighted by atomic mass is 16.1. The molecule has 1 aliphatic heterocycles. The standard InChI is InChI=1S/C9H14N2O/c10-9(12)8-7(6-3-4-6)2-1-5-11-8/h2,6,8,11H,1,3-5H2,(H2,10,12). The van der Waals surface area contributed by atoms with E-state index in [0.717, 1.165) is 13.0 Å². The molecular formula is C9H14N2O. The summed E-state index contributed by atoms with van der Waals surface area (Å²) >= 11 is 0. The van der Waals surface area contributed by atoms with Crippen LogP contribution in [0.1, 0.15) is 19.3 Å². The molecule has 1 fully saturated rings. The second-order valence-corrected chi connectivity index (χ2v) is 3.56. The third kappa shape index (κ3) is 1.37. The molecule has 0 aromatic carbocycles. The van der Waals surface area contributed by atoms with Crippen LogP contribution in [0.25, 0.3) is 0 Å². The predicted molar refractivity (Wildman–Crippen MR) is 46.4 cm³/mol. The Morgan fingerprint density at radius 3 is 2.92 bits per heavy atom. The minimum absolute atomic E-state index is 0.175. The van der Waals surface area contributed by atoms with Crippen molar-refractivity contribution in [3.05, 3.63) is 11.6 Å². The summed E-state index contributed by atoms with van der Waals surface area (Å²) < 4.78 is 0. The fraction of sp³-hybridized carbons (Fsp3) is 0.667. The van der Waals surface area contributed by atoms with Crippen molar-refractivity contribution in [2.75, 3.05) is 6.54 Å². The number of rotatable bonds is 2. The lowest BCUT2D eigenvalue weighted by atomic mass is 9.97. The maximum atomic E-state index is 11.0. The largest absolute Gasteiger partial charge is 0.368 e. The summed E-state index contributed by atoms with van der Waals surface area (Å²) in [5.41, 5.74) is 6.53. The number of carbonyl (C=O) groups excluding carboxylic acids is 1. The first-order valence-corrected chi connectivity index (χ1v) is 4.51. The Balaban J connectivity index is 2.13. The average molecular weight is 166 g/mol. The van der Waals surface area contributed by atoms with Gasteiger partial charge in [-0.3, -0.25) is 4.79 Å². The minimum Gasteiger partial charge on any atom is -0.368 e. The predicted octanol–water partition coefficient (Wildman–Crippen LogP) is 0.170. The lowest BCUT2D eigenvalue weighted by molar-refractivity contribution is -0.119. The molecule has 0 bridgehead atoms. The first-order chi connectivity index (χ1) is 5.79.